The summed E-state index contributed by atoms with van der Waals surface area (Å²) < 4.78 is 4.89. The molecule has 20 heterocycles. The minimum atomic E-state index is 0.581. The first-order valence-corrected chi connectivity index (χ1v) is 39.2. The Hall–Kier alpha value is -8.87. The molecule has 2 N–H and O–H groups in total. The molecule has 4 fully saturated rings. The molecule has 8 aliphatic rings. The molecule has 4 atom stereocenters. The van der Waals surface area contributed by atoms with Crippen LogP contribution < -0.4 is 0 Å². The Kier molecular flexibility index (Phi) is 19.2. The Morgan fingerprint density at radius 1 is 0.423 bits per heavy atom. The highest BCUT2D eigenvalue weighted by Gasteiger charge is 2.39. The van der Waals surface area contributed by atoms with Gasteiger partial charge in [-0.25, -0.2) is 9.97 Å². The molecule has 12 aromatic heterocycles. The molecule has 4 saturated heterocycles. The van der Waals surface area contributed by atoms with Crippen LogP contribution in [0.25, 0.3) is 43.7 Å². The Balaban J connectivity index is 0.000000103. The van der Waals surface area contributed by atoms with E-state index in [2.05, 4.69) is 154 Å². The first kappa shape index (κ1) is 68.3. The van der Waals surface area contributed by atoms with Gasteiger partial charge in [0.05, 0.1) is 44.7 Å². The molecule has 4 unspecified atom stereocenters. The zero-order valence-electron chi connectivity index (χ0n) is 62.6. The van der Waals surface area contributed by atoms with Crippen LogP contribution >= 0.6 is 0 Å². The van der Waals surface area contributed by atoms with Crippen molar-refractivity contribution >= 4 is 43.7 Å². The number of aryl methyl sites for hydroxylation is 16. The molecular formula is C87H103N17. The molecule has 12 aromatic rings. The van der Waals surface area contributed by atoms with Crippen molar-refractivity contribution in [2.24, 2.45) is 14.1 Å². The van der Waals surface area contributed by atoms with Crippen molar-refractivity contribution in [3.8, 4) is 0 Å². The van der Waals surface area contributed by atoms with Crippen LogP contribution in [0, 0.1) is 41.5 Å². The molecule has 17 nitrogen and oxygen atoms in total. The number of aromatic amines is 2. The van der Waals surface area contributed by atoms with Gasteiger partial charge in [-0.2, -0.15) is 0 Å². The maximum Gasteiger partial charge on any atom is 0.125 e. The van der Waals surface area contributed by atoms with Gasteiger partial charge in [-0.1, -0.05) is 18.2 Å². The largest absolute Gasteiger partial charge is 0.357 e. The minimum Gasteiger partial charge on any atom is -0.357 e. The number of hydrogen-bond acceptors (Lipinski definition) is 13. The van der Waals surface area contributed by atoms with Crippen LogP contribution in [-0.2, 0) is 97.7 Å². The standard InChI is InChI=1S/C22H27N5.2C22H26N4.C21H24N4/c1-14-9-18-19-13-27-8-4-5-17(27)10-21(19)26(3)22(18)20(25-14)7-6-16-11-23-15(2)24-12-16;1-15-13-17-21-19(9-12-26-11-4-6-20(21)26)25(2)22(17)18(24-15)8-7-16-5-3-10-23-14-16;1-14-5-6-16(13-23-14)7-8-19-22-17(12-15(2)24-19)21-18(25-22)9-11-26-10-3-4-20(21)26;1-14-12-16(7-6-15-4-2-9-22-13-15)20-21(23-14)19-17(24-20)8-11-25-10-3-5-18(19)25/h9,11-12,17H,4-8,10,13H2,1-3H3;3,5,10,13-14,20H,4,6-9,11-12H2,1-2H3;5-6,12-13,20,25H,3-4,7-11H2,1-2H3;2,4,9,12-13,18,24H,3,5-8,10-11H2,1H3. The third kappa shape index (κ3) is 13.5. The summed E-state index contributed by atoms with van der Waals surface area (Å²) in [6.45, 7) is 22.2. The summed E-state index contributed by atoms with van der Waals surface area (Å²) in [5.41, 5.74) is 34.3. The lowest BCUT2D eigenvalue weighted by atomic mass is 9.95. The van der Waals surface area contributed by atoms with Crippen molar-refractivity contribution in [3.05, 3.63) is 228 Å². The molecule has 104 heavy (non-hydrogen) atoms. The normalized spacial score (nSPS) is 19.7. The van der Waals surface area contributed by atoms with Crippen LogP contribution in [-0.4, -0.2) is 135 Å². The van der Waals surface area contributed by atoms with Gasteiger partial charge in [0.2, 0.25) is 0 Å². The van der Waals surface area contributed by atoms with Crippen molar-refractivity contribution in [2.75, 3.05) is 45.8 Å². The van der Waals surface area contributed by atoms with Crippen LogP contribution in [0.5, 0.6) is 0 Å². The van der Waals surface area contributed by atoms with E-state index in [0.29, 0.717) is 18.1 Å². The number of H-pyrrole nitrogens is 2. The summed E-state index contributed by atoms with van der Waals surface area (Å²) in [7, 11) is 4.48. The Bertz CT molecular complexity index is 5100. The smallest absolute Gasteiger partial charge is 0.125 e. The highest BCUT2D eigenvalue weighted by molar-refractivity contribution is 5.90. The van der Waals surface area contributed by atoms with Crippen LogP contribution in [0.1, 0.15) is 194 Å². The Labute approximate surface area is 612 Å². The number of nitrogens with one attached hydrogen (secondary N) is 2. The van der Waals surface area contributed by atoms with Gasteiger partial charge in [-0.3, -0.25) is 54.5 Å². The summed E-state index contributed by atoms with van der Waals surface area (Å²) in [6, 6.07) is 24.4. The van der Waals surface area contributed by atoms with Crippen molar-refractivity contribution in [3.63, 3.8) is 0 Å². The summed E-state index contributed by atoms with van der Waals surface area (Å²) in [6.07, 6.45) is 36.5. The minimum absolute atomic E-state index is 0.581. The van der Waals surface area contributed by atoms with Gasteiger partial charge in [-0.15, -0.1) is 0 Å². The second-order valence-corrected chi connectivity index (χ2v) is 31.4. The van der Waals surface area contributed by atoms with E-state index in [1.54, 1.807) is 11.1 Å². The van der Waals surface area contributed by atoms with E-state index in [1.807, 2.05) is 69.4 Å². The van der Waals surface area contributed by atoms with E-state index >= 15 is 0 Å². The molecule has 0 aromatic carbocycles. The summed E-state index contributed by atoms with van der Waals surface area (Å²) in [5, 5.41) is 4.29. The fourth-order valence-corrected chi connectivity index (χ4v) is 19.6. The third-order valence-corrected chi connectivity index (χ3v) is 24.5. The maximum atomic E-state index is 4.95. The molecule has 0 saturated carbocycles. The fourth-order valence-electron chi connectivity index (χ4n) is 19.6. The van der Waals surface area contributed by atoms with Gasteiger partial charge in [0.1, 0.15) is 5.82 Å². The molecule has 0 bridgehead atoms. The molecule has 536 valence electrons. The zero-order chi connectivity index (χ0) is 70.7. The van der Waals surface area contributed by atoms with Gasteiger partial charge in [0, 0.05) is 206 Å². The first-order valence-electron chi connectivity index (χ1n) is 39.2. The van der Waals surface area contributed by atoms with Crippen LogP contribution in [0.3, 0.4) is 0 Å². The first-order chi connectivity index (χ1) is 50.8. The maximum absolute atomic E-state index is 4.95. The van der Waals surface area contributed by atoms with Gasteiger partial charge in [0.25, 0.3) is 0 Å². The number of nitrogens with zero attached hydrogens (tertiary/aromatic N) is 15. The van der Waals surface area contributed by atoms with Crippen LogP contribution in [0.2, 0.25) is 0 Å². The highest BCUT2D eigenvalue weighted by atomic mass is 15.2. The quantitative estimate of drug-likeness (QED) is 0.119. The lowest BCUT2D eigenvalue weighted by molar-refractivity contribution is 0.225. The van der Waals surface area contributed by atoms with Gasteiger partial charge in [-0.05, 0) is 257 Å². The van der Waals surface area contributed by atoms with Gasteiger partial charge >= 0.3 is 0 Å². The topological polar surface area (TPSA) is 170 Å². The molecule has 0 aliphatic carbocycles. The van der Waals surface area contributed by atoms with E-state index in [9.17, 15) is 0 Å². The number of rotatable bonds is 12. The highest BCUT2D eigenvalue weighted by Crippen LogP contribution is 2.46. The van der Waals surface area contributed by atoms with Crippen LogP contribution in [0.4, 0.5) is 0 Å². The Morgan fingerprint density at radius 3 is 1.60 bits per heavy atom. The van der Waals surface area contributed by atoms with E-state index in [1.165, 1.54) is 226 Å². The second-order valence-electron chi connectivity index (χ2n) is 31.4. The lowest BCUT2D eigenvalue weighted by Crippen LogP contribution is -2.35. The van der Waals surface area contributed by atoms with Gasteiger partial charge < -0.3 is 19.1 Å². The lowest BCUT2D eigenvalue weighted by Gasteiger charge is -2.30. The fraction of sp³-hybridized carbons (Fsp3) is 0.460. The monoisotopic (exact) mass is 1390 g/mol. The van der Waals surface area contributed by atoms with E-state index in [0.717, 1.165) is 118 Å². The molecule has 17 heteroatoms. The molecule has 0 radical (unpaired) electrons. The molecule has 8 aliphatic heterocycles. The zero-order valence-corrected chi connectivity index (χ0v) is 62.6. The van der Waals surface area contributed by atoms with E-state index < -0.39 is 0 Å². The van der Waals surface area contributed by atoms with Crippen molar-refractivity contribution in [2.45, 2.75) is 201 Å². The van der Waals surface area contributed by atoms with E-state index in [-0.39, 0.29) is 0 Å². The summed E-state index contributed by atoms with van der Waals surface area (Å²) in [4.78, 5) is 59.5. The number of hydrogen-bond donors (Lipinski definition) is 2. The third-order valence-electron chi connectivity index (χ3n) is 24.5. The van der Waals surface area contributed by atoms with Gasteiger partial charge in [0.15, 0.2) is 0 Å². The number of pyridine rings is 7. The van der Waals surface area contributed by atoms with Crippen molar-refractivity contribution < 1.29 is 0 Å². The van der Waals surface area contributed by atoms with Crippen LogP contribution in [0.15, 0.2) is 104 Å². The molecule has 0 spiro atoms. The molecular weight excluding hydrogens is 1280 g/mol. The predicted octanol–water partition coefficient (Wildman–Crippen LogP) is 14.8. The molecule has 20 rings (SSSR count). The molecule has 0 amide bonds. The second kappa shape index (κ2) is 29.2. The SMILES string of the molecule is Cc1cc(CCc2cccnc2)c2[nH]c3c(c2n1)C1CCCN1CC3.Cc1cc2c3c(n(C)c2c(CCc2cccnc2)n1)CCN1CCCC31.Cc1cc2c3c(n(C)c2c(CCc2cnc(C)nc2)n1)CC1CCCN1C3.Cc1ccc(CCc2nc(C)cc3c4c([nH]c23)CCN2CCCC42)cn1. The summed E-state index contributed by atoms with van der Waals surface area (Å²) in [5.74, 6) is 0.825. The summed E-state index contributed by atoms with van der Waals surface area (Å²) >= 11 is 0. The average molecular weight is 1390 g/mol. The average Bonchev–Trinajstić information content (AvgIpc) is 1.60. The predicted molar refractivity (Wildman–Crippen MR) is 415 cm³/mol. The van der Waals surface area contributed by atoms with E-state index in [4.69, 9.17) is 19.9 Å². The Morgan fingerprint density at radius 2 is 0.942 bits per heavy atom. The number of fused-ring (bicyclic) bond motifs is 19. The van der Waals surface area contributed by atoms with Crippen molar-refractivity contribution in [1.29, 1.82) is 0 Å². The number of aromatic nitrogens is 13. The van der Waals surface area contributed by atoms with Crippen molar-refractivity contribution in [1.82, 2.24) is 83.6 Å².